The number of fused-ring (bicyclic) bond motifs is 1. The summed E-state index contributed by atoms with van der Waals surface area (Å²) in [5.74, 6) is 0.311. The predicted octanol–water partition coefficient (Wildman–Crippen LogP) is 3.61. The fraction of sp³-hybridized carbons (Fsp3) is 0.241. The van der Waals surface area contributed by atoms with Crippen molar-refractivity contribution in [3.05, 3.63) is 90.1 Å². The number of halogens is 2. The van der Waals surface area contributed by atoms with E-state index in [1.165, 1.54) is 4.80 Å². The first-order valence-electron chi connectivity index (χ1n) is 13.8. The van der Waals surface area contributed by atoms with Gasteiger partial charge in [-0.15, -0.1) is 10.2 Å². The van der Waals surface area contributed by atoms with Crippen LogP contribution in [0.5, 0.6) is 0 Å². The van der Waals surface area contributed by atoms with Crippen molar-refractivity contribution in [2.24, 2.45) is 7.05 Å². The van der Waals surface area contributed by atoms with Crippen LogP contribution < -0.4 is 0 Å². The van der Waals surface area contributed by atoms with Crippen LogP contribution in [0.2, 0.25) is 0 Å². The van der Waals surface area contributed by atoms with Gasteiger partial charge in [-0.1, -0.05) is 35.1 Å². The second-order valence-electron chi connectivity index (χ2n) is 10.2. The molecule has 1 aliphatic heterocycles. The molecule has 6 aromatic rings. The zero-order valence-electron chi connectivity index (χ0n) is 23.4. The lowest BCUT2D eigenvalue weighted by Crippen LogP contribution is -2.50. The average molecular weight is 598 g/mol. The van der Waals surface area contributed by atoms with Crippen LogP contribution in [-0.2, 0) is 7.05 Å². The Labute approximate surface area is 248 Å². The Morgan fingerprint density at radius 3 is 2.50 bits per heavy atom. The Morgan fingerprint density at radius 2 is 1.77 bits per heavy atom. The van der Waals surface area contributed by atoms with Crippen LogP contribution in [-0.4, -0.2) is 87.1 Å². The number of piperazine rings is 1. The van der Waals surface area contributed by atoms with E-state index < -0.39 is 12.6 Å². The summed E-state index contributed by atoms with van der Waals surface area (Å²) in [6, 6.07) is 17.9. The molecule has 0 unspecified atom stereocenters. The molecule has 222 valence electrons. The molecule has 1 fully saturated rings. The molecule has 0 N–H and O–H groups in total. The standard InChI is InChI=1S/C29H25F2N11O2/c1-39-33-17-23(36-39)19-7-8-24-21(15-19)34-27(44-24)20-9-10-32-22(16-20)28(43)41-13-11-40(12-14-41)25(18-5-3-2-4-6-18)26-35-38-42(37-26)29(30)31/h2-10,15-17,25,29H,11-14H2,1H3/t25-/m1/s1. The Bertz CT molecular complexity index is 1930. The number of benzene rings is 2. The third-order valence-electron chi connectivity index (χ3n) is 7.45. The van der Waals surface area contributed by atoms with Crippen LogP contribution in [0.1, 0.15) is 34.5 Å². The van der Waals surface area contributed by atoms with E-state index in [4.69, 9.17) is 4.42 Å². The largest absolute Gasteiger partial charge is 0.436 e. The Hall–Kier alpha value is -5.44. The van der Waals surface area contributed by atoms with Gasteiger partial charge in [-0.3, -0.25) is 14.7 Å². The molecule has 1 saturated heterocycles. The van der Waals surface area contributed by atoms with Gasteiger partial charge in [0.2, 0.25) is 5.89 Å². The predicted molar refractivity (Wildman–Crippen MR) is 152 cm³/mol. The number of hydrogen-bond acceptors (Lipinski definition) is 10. The number of aryl methyl sites for hydroxylation is 1. The molecular weight excluding hydrogens is 572 g/mol. The number of pyridine rings is 1. The van der Waals surface area contributed by atoms with Crippen molar-refractivity contribution in [3.8, 4) is 22.7 Å². The number of carbonyl (C=O) groups excluding carboxylic acids is 1. The van der Waals surface area contributed by atoms with Crippen LogP contribution in [0.4, 0.5) is 8.78 Å². The van der Waals surface area contributed by atoms with Gasteiger partial charge in [0.25, 0.3) is 5.91 Å². The molecule has 0 aliphatic carbocycles. The lowest BCUT2D eigenvalue weighted by molar-refractivity contribution is 0.0385. The van der Waals surface area contributed by atoms with Gasteiger partial charge in [0, 0.05) is 50.6 Å². The minimum absolute atomic E-state index is 0.174. The molecule has 0 bridgehead atoms. The summed E-state index contributed by atoms with van der Waals surface area (Å²) in [6.45, 7) is -1.17. The molecule has 1 amide bonds. The van der Waals surface area contributed by atoms with E-state index >= 15 is 0 Å². The lowest BCUT2D eigenvalue weighted by atomic mass is 10.0. The summed E-state index contributed by atoms with van der Waals surface area (Å²) in [5.41, 5.74) is 4.57. The maximum atomic E-state index is 13.5. The number of aromatic nitrogens is 9. The summed E-state index contributed by atoms with van der Waals surface area (Å²) >= 11 is 0. The number of oxazole rings is 1. The molecule has 5 heterocycles. The van der Waals surface area contributed by atoms with E-state index in [-0.39, 0.29) is 17.4 Å². The number of hydrogen-bond donors (Lipinski definition) is 0. The van der Waals surface area contributed by atoms with E-state index in [0.29, 0.717) is 53.5 Å². The summed E-state index contributed by atoms with van der Waals surface area (Å²) in [7, 11) is 1.75. The third-order valence-corrected chi connectivity index (χ3v) is 7.45. The Balaban J connectivity index is 1.08. The highest BCUT2D eigenvalue weighted by atomic mass is 19.3. The van der Waals surface area contributed by atoms with Crippen LogP contribution in [0.3, 0.4) is 0 Å². The summed E-state index contributed by atoms with van der Waals surface area (Å²) < 4.78 is 32.4. The number of carbonyl (C=O) groups is 1. The molecule has 13 nitrogen and oxygen atoms in total. The molecule has 7 rings (SSSR count). The number of alkyl halides is 2. The minimum atomic E-state index is -2.89. The second-order valence-corrected chi connectivity index (χ2v) is 10.2. The topological polar surface area (TPSA) is 137 Å². The zero-order valence-corrected chi connectivity index (χ0v) is 23.4. The number of rotatable bonds is 7. The van der Waals surface area contributed by atoms with Crippen molar-refractivity contribution < 1.29 is 18.0 Å². The lowest BCUT2D eigenvalue weighted by Gasteiger charge is -2.38. The zero-order chi connectivity index (χ0) is 30.2. The van der Waals surface area contributed by atoms with Gasteiger partial charge in [0.05, 0.1) is 12.2 Å². The number of nitrogens with zero attached hydrogens (tertiary/aromatic N) is 11. The fourth-order valence-electron chi connectivity index (χ4n) is 5.30. The van der Waals surface area contributed by atoms with E-state index in [1.807, 2.05) is 48.5 Å². The third kappa shape index (κ3) is 5.28. The minimum Gasteiger partial charge on any atom is -0.436 e. The summed E-state index contributed by atoms with van der Waals surface area (Å²) in [6.07, 6.45) is 3.24. The van der Waals surface area contributed by atoms with Crippen molar-refractivity contribution in [2.75, 3.05) is 26.2 Å². The van der Waals surface area contributed by atoms with E-state index in [2.05, 4.69) is 40.5 Å². The average Bonchev–Trinajstić information content (AvgIpc) is 3.82. The van der Waals surface area contributed by atoms with Gasteiger partial charge in [0.15, 0.2) is 11.4 Å². The van der Waals surface area contributed by atoms with Crippen molar-refractivity contribution in [2.45, 2.75) is 12.6 Å². The highest BCUT2D eigenvalue weighted by Crippen LogP contribution is 2.30. The molecule has 0 spiro atoms. The first kappa shape index (κ1) is 27.4. The van der Waals surface area contributed by atoms with Crippen molar-refractivity contribution >= 4 is 17.0 Å². The van der Waals surface area contributed by atoms with E-state index in [0.717, 1.165) is 16.8 Å². The number of amides is 1. The van der Waals surface area contributed by atoms with Gasteiger partial charge < -0.3 is 9.32 Å². The quantitative estimate of drug-likeness (QED) is 0.268. The highest BCUT2D eigenvalue weighted by molar-refractivity contribution is 5.93. The van der Waals surface area contributed by atoms with Gasteiger partial charge in [-0.05, 0) is 41.1 Å². The van der Waals surface area contributed by atoms with Gasteiger partial charge in [-0.25, -0.2) is 4.98 Å². The Kier molecular flexibility index (Phi) is 7.06. The van der Waals surface area contributed by atoms with Crippen LogP contribution in [0.15, 0.2) is 77.5 Å². The second kappa shape index (κ2) is 11.3. The van der Waals surface area contributed by atoms with Crippen molar-refractivity contribution in [1.82, 2.24) is 55.0 Å². The summed E-state index contributed by atoms with van der Waals surface area (Å²) in [5, 5.41) is 19.8. The molecule has 15 heteroatoms. The molecule has 1 atom stereocenters. The van der Waals surface area contributed by atoms with Crippen molar-refractivity contribution in [3.63, 3.8) is 0 Å². The fourth-order valence-corrected chi connectivity index (χ4v) is 5.30. The number of tetrazole rings is 1. The monoisotopic (exact) mass is 597 g/mol. The SMILES string of the molecule is Cn1ncc(-c2ccc3oc(-c4ccnc(C(=O)N5CCN([C@H](c6ccccc6)c6nnn(C(F)F)n6)CC5)c4)nc3c2)n1. The van der Waals surface area contributed by atoms with E-state index in [9.17, 15) is 13.6 Å². The van der Waals surface area contributed by atoms with Crippen LogP contribution in [0.25, 0.3) is 33.8 Å². The molecule has 2 aromatic carbocycles. The smallest absolute Gasteiger partial charge is 0.350 e. The molecule has 0 radical (unpaired) electrons. The molecule has 44 heavy (non-hydrogen) atoms. The first-order valence-corrected chi connectivity index (χ1v) is 13.8. The normalized spacial score (nSPS) is 14.9. The maximum absolute atomic E-state index is 13.5. The maximum Gasteiger partial charge on any atom is 0.350 e. The van der Waals surface area contributed by atoms with Crippen LogP contribution >= 0.6 is 0 Å². The molecule has 4 aromatic heterocycles. The van der Waals surface area contributed by atoms with Gasteiger partial charge in [-0.2, -0.15) is 23.8 Å². The Morgan fingerprint density at radius 1 is 0.955 bits per heavy atom. The van der Waals surface area contributed by atoms with Crippen LogP contribution in [0, 0.1) is 0 Å². The van der Waals surface area contributed by atoms with Crippen molar-refractivity contribution in [1.29, 1.82) is 0 Å². The summed E-state index contributed by atoms with van der Waals surface area (Å²) in [4.78, 5) is 28.0. The van der Waals surface area contributed by atoms with Gasteiger partial charge in [0.1, 0.15) is 16.9 Å². The highest BCUT2D eigenvalue weighted by Gasteiger charge is 2.32. The van der Waals surface area contributed by atoms with E-state index in [1.54, 1.807) is 36.5 Å². The molecule has 1 aliphatic rings. The van der Waals surface area contributed by atoms with Gasteiger partial charge >= 0.3 is 6.55 Å². The molecule has 0 saturated carbocycles. The first-order chi connectivity index (χ1) is 21.4. The molecular formula is C29H25F2N11O2.